The van der Waals surface area contributed by atoms with Crippen LogP contribution in [0, 0.1) is 0 Å². The van der Waals surface area contributed by atoms with Gasteiger partial charge in [-0.15, -0.1) is 0 Å². The fourth-order valence-electron chi connectivity index (χ4n) is 3.58. The van der Waals surface area contributed by atoms with Gasteiger partial charge in [0.1, 0.15) is 12.6 Å². The van der Waals surface area contributed by atoms with E-state index in [2.05, 4.69) is 4.99 Å². The van der Waals surface area contributed by atoms with Gasteiger partial charge in [-0.1, -0.05) is 64.9 Å². The molecule has 0 saturated heterocycles. The van der Waals surface area contributed by atoms with Crippen molar-refractivity contribution in [3.8, 4) is 0 Å². The molecule has 2 heterocycles. The summed E-state index contributed by atoms with van der Waals surface area (Å²) in [6, 6.07) is 13.5. The van der Waals surface area contributed by atoms with E-state index in [4.69, 9.17) is 32.7 Å². The number of aromatic nitrogens is 1. The van der Waals surface area contributed by atoms with Crippen molar-refractivity contribution < 1.29 is 14.3 Å². The fourth-order valence-corrected chi connectivity index (χ4v) is 4.99. The van der Waals surface area contributed by atoms with Crippen molar-refractivity contribution in [3.05, 3.63) is 101 Å². The lowest BCUT2D eigenvalue weighted by atomic mass is 9.96. The Morgan fingerprint density at radius 3 is 2.58 bits per heavy atom. The molecular formula is C24H20Cl2N2O4S. The molecule has 0 bridgehead atoms. The SMILES string of the molecule is COCCOC(=O)C1=C(C)N=c2s/c(=C\c3ccc(Cl)cc3)c(=O)n2C1c1ccccc1Cl. The molecule has 3 aromatic rings. The summed E-state index contributed by atoms with van der Waals surface area (Å²) in [6.45, 7) is 2.07. The number of carbonyl (C=O) groups excluding carboxylic acids is 1. The smallest absolute Gasteiger partial charge is 0.338 e. The predicted octanol–water partition coefficient (Wildman–Crippen LogP) is 3.73. The van der Waals surface area contributed by atoms with Crippen LogP contribution in [0.2, 0.25) is 10.0 Å². The van der Waals surface area contributed by atoms with Crippen molar-refractivity contribution in [1.82, 2.24) is 4.57 Å². The zero-order valence-electron chi connectivity index (χ0n) is 17.9. The molecule has 1 aliphatic heterocycles. The standard InChI is InChI=1S/C24H20Cl2N2O4S/c1-14-20(23(30)32-12-11-31-2)21(17-5-3-4-6-18(17)26)28-22(29)19(33-24(28)27-14)13-15-7-9-16(25)10-8-15/h3-10,13,21H,11-12H2,1-2H3/b19-13-. The zero-order valence-corrected chi connectivity index (χ0v) is 20.2. The number of ether oxygens (including phenoxy) is 2. The molecule has 0 aliphatic carbocycles. The van der Waals surface area contributed by atoms with Crippen LogP contribution in [0.4, 0.5) is 0 Å². The topological polar surface area (TPSA) is 69.9 Å². The summed E-state index contributed by atoms with van der Waals surface area (Å²) in [4.78, 5) is 31.6. The molecule has 4 rings (SSSR count). The molecule has 170 valence electrons. The van der Waals surface area contributed by atoms with Crippen molar-refractivity contribution in [1.29, 1.82) is 0 Å². The molecule has 2 aromatic carbocycles. The number of allylic oxidation sites excluding steroid dienone is 1. The molecule has 0 fully saturated rings. The molecule has 0 saturated carbocycles. The van der Waals surface area contributed by atoms with Crippen LogP contribution in [0.25, 0.3) is 6.08 Å². The zero-order chi connectivity index (χ0) is 23.5. The molecule has 1 aliphatic rings. The first kappa shape index (κ1) is 23.4. The van der Waals surface area contributed by atoms with Gasteiger partial charge in [0.2, 0.25) is 0 Å². The number of carbonyl (C=O) groups is 1. The van der Waals surface area contributed by atoms with Gasteiger partial charge in [-0.2, -0.15) is 0 Å². The second kappa shape index (κ2) is 10.1. The quantitative estimate of drug-likeness (QED) is 0.380. The van der Waals surface area contributed by atoms with Crippen molar-refractivity contribution >= 4 is 46.6 Å². The highest BCUT2D eigenvalue weighted by atomic mass is 35.5. The molecule has 1 unspecified atom stereocenters. The van der Waals surface area contributed by atoms with Crippen molar-refractivity contribution in [2.24, 2.45) is 4.99 Å². The molecule has 0 amide bonds. The highest BCUT2D eigenvalue weighted by Crippen LogP contribution is 2.34. The van der Waals surface area contributed by atoms with Crippen LogP contribution in [0.15, 0.2) is 69.6 Å². The van der Waals surface area contributed by atoms with E-state index in [1.165, 1.54) is 23.0 Å². The third-order valence-corrected chi connectivity index (χ3v) is 6.71. The molecule has 1 aromatic heterocycles. The van der Waals surface area contributed by atoms with Crippen LogP contribution < -0.4 is 14.9 Å². The molecular weight excluding hydrogens is 483 g/mol. The lowest BCUT2D eigenvalue weighted by molar-refractivity contribution is -0.140. The number of methoxy groups -OCH3 is 1. The maximum atomic E-state index is 13.5. The minimum Gasteiger partial charge on any atom is -0.460 e. The summed E-state index contributed by atoms with van der Waals surface area (Å²) >= 11 is 13.7. The average molecular weight is 503 g/mol. The summed E-state index contributed by atoms with van der Waals surface area (Å²) in [5, 5.41) is 1.05. The number of hydrogen-bond donors (Lipinski definition) is 0. The lowest BCUT2D eigenvalue weighted by Crippen LogP contribution is -2.40. The van der Waals surface area contributed by atoms with Gasteiger partial charge in [-0.05, 0) is 42.3 Å². The number of esters is 1. The number of halogens is 2. The van der Waals surface area contributed by atoms with E-state index in [-0.39, 0.29) is 24.3 Å². The maximum absolute atomic E-state index is 13.5. The summed E-state index contributed by atoms with van der Waals surface area (Å²) in [6.07, 6.45) is 1.78. The first-order chi connectivity index (χ1) is 15.9. The van der Waals surface area contributed by atoms with Crippen LogP contribution in [-0.2, 0) is 14.3 Å². The number of hydrogen-bond acceptors (Lipinski definition) is 6. The molecule has 0 spiro atoms. The third kappa shape index (κ3) is 4.82. The van der Waals surface area contributed by atoms with Gasteiger partial charge in [0.25, 0.3) is 5.56 Å². The molecule has 6 nitrogen and oxygen atoms in total. The highest BCUT2D eigenvalue weighted by Gasteiger charge is 2.34. The molecule has 9 heteroatoms. The summed E-state index contributed by atoms with van der Waals surface area (Å²) in [7, 11) is 1.52. The Bertz CT molecular complexity index is 1410. The van der Waals surface area contributed by atoms with E-state index in [1.807, 2.05) is 18.2 Å². The number of nitrogens with zero attached hydrogens (tertiary/aromatic N) is 2. The highest BCUT2D eigenvalue weighted by molar-refractivity contribution is 7.07. The Morgan fingerprint density at radius 1 is 1.15 bits per heavy atom. The van der Waals surface area contributed by atoms with Crippen molar-refractivity contribution in [2.75, 3.05) is 20.3 Å². The maximum Gasteiger partial charge on any atom is 0.338 e. The molecule has 1 atom stereocenters. The second-order valence-corrected chi connectivity index (χ2v) is 9.14. The Kier molecular flexibility index (Phi) is 7.14. The molecule has 0 N–H and O–H groups in total. The fraction of sp³-hybridized carbons (Fsp3) is 0.208. The van der Waals surface area contributed by atoms with Crippen LogP contribution in [-0.4, -0.2) is 30.9 Å². The van der Waals surface area contributed by atoms with Gasteiger partial charge in [0, 0.05) is 17.2 Å². The number of rotatable bonds is 6. The number of thiazole rings is 1. The molecule has 0 radical (unpaired) electrons. The van der Waals surface area contributed by atoms with E-state index in [9.17, 15) is 9.59 Å². The molecule has 33 heavy (non-hydrogen) atoms. The minimum atomic E-state index is -0.766. The first-order valence-corrected chi connectivity index (χ1v) is 11.7. The Labute approximate surface area is 204 Å². The minimum absolute atomic E-state index is 0.0857. The lowest BCUT2D eigenvalue weighted by Gasteiger charge is -2.25. The van der Waals surface area contributed by atoms with Gasteiger partial charge in [-0.25, -0.2) is 9.79 Å². The normalized spacial score (nSPS) is 15.9. The van der Waals surface area contributed by atoms with Gasteiger partial charge in [-0.3, -0.25) is 9.36 Å². The average Bonchev–Trinajstić information content (AvgIpc) is 3.09. The van der Waals surface area contributed by atoms with Crippen LogP contribution in [0.5, 0.6) is 0 Å². The number of benzene rings is 2. The van der Waals surface area contributed by atoms with Gasteiger partial charge in [0.15, 0.2) is 4.80 Å². The predicted molar refractivity (Wildman–Crippen MR) is 130 cm³/mol. The Balaban J connectivity index is 1.90. The summed E-state index contributed by atoms with van der Waals surface area (Å²) in [5.74, 6) is -0.565. The monoisotopic (exact) mass is 502 g/mol. The van der Waals surface area contributed by atoms with E-state index in [1.54, 1.807) is 43.3 Å². The van der Waals surface area contributed by atoms with Crippen molar-refractivity contribution in [2.45, 2.75) is 13.0 Å². The first-order valence-electron chi connectivity index (χ1n) is 10.1. The largest absolute Gasteiger partial charge is 0.460 e. The third-order valence-electron chi connectivity index (χ3n) is 5.13. The van der Waals surface area contributed by atoms with Crippen LogP contribution in [0.3, 0.4) is 0 Å². The Morgan fingerprint density at radius 2 is 1.88 bits per heavy atom. The van der Waals surface area contributed by atoms with Gasteiger partial charge < -0.3 is 9.47 Å². The van der Waals surface area contributed by atoms with E-state index < -0.39 is 12.0 Å². The summed E-state index contributed by atoms with van der Waals surface area (Å²) in [5.41, 5.74) is 1.92. The Hall–Kier alpha value is -2.71. The number of fused-ring (bicyclic) bond motifs is 1. The van der Waals surface area contributed by atoms with E-state index in [0.29, 0.717) is 30.6 Å². The van der Waals surface area contributed by atoms with Gasteiger partial charge >= 0.3 is 5.97 Å². The van der Waals surface area contributed by atoms with E-state index in [0.717, 1.165) is 5.56 Å². The van der Waals surface area contributed by atoms with Crippen LogP contribution in [0.1, 0.15) is 24.1 Å². The summed E-state index contributed by atoms with van der Waals surface area (Å²) < 4.78 is 12.4. The van der Waals surface area contributed by atoms with Crippen molar-refractivity contribution in [3.63, 3.8) is 0 Å². The van der Waals surface area contributed by atoms with Crippen LogP contribution >= 0.6 is 34.5 Å². The van der Waals surface area contributed by atoms with E-state index >= 15 is 0 Å². The second-order valence-electron chi connectivity index (χ2n) is 7.28. The van der Waals surface area contributed by atoms with Gasteiger partial charge in [0.05, 0.1) is 22.4 Å².